The van der Waals surface area contributed by atoms with Crippen molar-refractivity contribution in [1.82, 2.24) is 24.9 Å². The number of hydrogen-bond acceptors (Lipinski definition) is 6. The highest BCUT2D eigenvalue weighted by molar-refractivity contribution is 7.98. The molecule has 0 radical (unpaired) electrons. The molecule has 1 aromatic carbocycles. The van der Waals surface area contributed by atoms with Gasteiger partial charge in [0, 0.05) is 5.52 Å². The Labute approximate surface area is 134 Å². The fourth-order valence-electron chi connectivity index (χ4n) is 2.44. The number of para-hydroxylation sites is 1. The maximum atomic E-state index is 12.3. The van der Waals surface area contributed by atoms with Crippen LogP contribution in [0.25, 0.3) is 33.5 Å². The van der Waals surface area contributed by atoms with E-state index in [0.29, 0.717) is 33.5 Å². The van der Waals surface area contributed by atoms with Gasteiger partial charge in [-0.05, 0) is 23.8 Å². The van der Waals surface area contributed by atoms with Crippen molar-refractivity contribution >= 4 is 39.6 Å². The standard InChI is InChI=1S/C15H12N6OS/c1-23-15-19-11(16)10-13(21-15)20-12(18-10)8-6-7-4-2-3-5-9(7)17-14(8)22/h2-6H,1H3,(H,17,22)(H3,16,18,19,20,21). The first-order valence-electron chi connectivity index (χ1n) is 6.85. The first kappa shape index (κ1) is 13.8. The number of pyridine rings is 1. The minimum atomic E-state index is -0.223. The third-order valence-electron chi connectivity index (χ3n) is 3.55. The van der Waals surface area contributed by atoms with Crippen molar-refractivity contribution in [3.63, 3.8) is 0 Å². The molecule has 4 N–H and O–H groups in total. The molecule has 0 unspecified atom stereocenters. The Morgan fingerprint density at radius 1 is 1.13 bits per heavy atom. The van der Waals surface area contributed by atoms with Gasteiger partial charge in [0.1, 0.15) is 11.3 Å². The third-order valence-corrected chi connectivity index (χ3v) is 4.10. The summed E-state index contributed by atoms with van der Waals surface area (Å²) < 4.78 is 0. The van der Waals surface area contributed by atoms with E-state index in [9.17, 15) is 4.79 Å². The van der Waals surface area contributed by atoms with Gasteiger partial charge >= 0.3 is 0 Å². The number of H-pyrrole nitrogens is 2. The first-order valence-corrected chi connectivity index (χ1v) is 8.08. The van der Waals surface area contributed by atoms with Gasteiger partial charge in [-0.25, -0.2) is 15.0 Å². The highest BCUT2D eigenvalue weighted by Crippen LogP contribution is 2.23. The van der Waals surface area contributed by atoms with Crippen molar-refractivity contribution in [2.24, 2.45) is 0 Å². The second-order valence-corrected chi connectivity index (χ2v) is 5.75. The van der Waals surface area contributed by atoms with E-state index < -0.39 is 0 Å². The molecule has 0 amide bonds. The number of aromatic nitrogens is 5. The van der Waals surface area contributed by atoms with Crippen molar-refractivity contribution in [2.45, 2.75) is 5.16 Å². The Balaban J connectivity index is 1.97. The molecule has 4 rings (SSSR count). The van der Waals surface area contributed by atoms with Crippen LogP contribution in [-0.4, -0.2) is 31.2 Å². The van der Waals surface area contributed by atoms with Gasteiger partial charge in [0.25, 0.3) is 5.56 Å². The van der Waals surface area contributed by atoms with E-state index >= 15 is 0 Å². The number of hydrogen-bond donors (Lipinski definition) is 3. The Bertz CT molecular complexity index is 1100. The monoisotopic (exact) mass is 324 g/mol. The molecule has 114 valence electrons. The summed E-state index contributed by atoms with van der Waals surface area (Å²) in [4.78, 5) is 31.1. The highest BCUT2D eigenvalue weighted by atomic mass is 32.2. The van der Waals surface area contributed by atoms with E-state index in [4.69, 9.17) is 5.73 Å². The van der Waals surface area contributed by atoms with Gasteiger partial charge in [-0.3, -0.25) is 4.79 Å². The molecule has 0 aliphatic rings. The molecule has 0 aliphatic carbocycles. The molecule has 0 saturated carbocycles. The van der Waals surface area contributed by atoms with Crippen LogP contribution < -0.4 is 11.3 Å². The van der Waals surface area contributed by atoms with Crippen molar-refractivity contribution in [3.05, 3.63) is 40.7 Å². The molecule has 0 aliphatic heterocycles. The largest absolute Gasteiger partial charge is 0.382 e. The number of rotatable bonds is 2. The van der Waals surface area contributed by atoms with Crippen LogP contribution in [0.2, 0.25) is 0 Å². The third kappa shape index (κ3) is 2.23. The van der Waals surface area contributed by atoms with E-state index in [1.165, 1.54) is 11.8 Å². The molecule has 0 bridgehead atoms. The van der Waals surface area contributed by atoms with Crippen LogP contribution in [0.15, 0.2) is 40.3 Å². The van der Waals surface area contributed by atoms with Crippen LogP contribution in [0, 0.1) is 0 Å². The molecule has 8 heteroatoms. The maximum Gasteiger partial charge on any atom is 0.259 e. The second kappa shape index (κ2) is 5.10. The van der Waals surface area contributed by atoms with Crippen LogP contribution in [0.1, 0.15) is 0 Å². The molecule has 7 nitrogen and oxygen atoms in total. The molecule has 4 aromatic rings. The average Bonchev–Trinajstić information content (AvgIpc) is 2.98. The predicted octanol–water partition coefficient (Wildman–Crippen LogP) is 2.17. The lowest BCUT2D eigenvalue weighted by atomic mass is 10.1. The van der Waals surface area contributed by atoms with E-state index in [1.54, 1.807) is 6.07 Å². The van der Waals surface area contributed by atoms with E-state index in [-0.39, 0.29) is 5.56 Å². The van der Waals surface area contributed by atoms with Gasteiger partial charge < -0.3 is 15.7 Å². The fourth-order valence-corrected chi connectivity index (χ4v) is 2.81. The van der Waals surface area contributed by atoms with Gasteiger partial charge in [-0.1, -0.05) is 30.0 Å². The predicted molar refractivity (Wildman–Crippen MR) is 91.4 cm³/mol. The molecule has 0 saturated heterocycles. The molecule has 0 fully saturated rings. The first-order chi connectivity index (χ1) is 11.2. The Kier molecular flexibility index (Phi) is 3.05. The number of thioether (sulfide) groups is 1. The van der Waals surface area contributed by atoms with Crippen LogP contribution in [0.5, 0.6) is 0 Å². The molecule has 0 atom stereocenters. The number of anilines is 1. The summed E-state index contributed by atoms with van der Waals surface area (Å²) in [5.74, 6) is 0.738. The lowest BCUT2D eigenvalue weighted by molar-refractivity contribution is 1.01. The van der Waals surface area contributed by atoms with Gasteiger partial charge in [0.05, 0.1) is 5.56 Å². The number of nitrogens with two attached hydrogens (primary N) is 1. The van der Waals surface area contributed by atoms with E-state index in [1.807, 2.05) is 30.5 Å². The molecular weight excluding hydrogens is 312 g/mol. The fraction of sp³-hybridized carbons (Fsp3) is 0.0667. The Morgan fingerprint density at radius 3 is 2.78 bits per heavy atom. The number of nitrogens with one attached hydrogen (secondary N) is 2. The van der Waals surface area contributed by atoms with Crippen LogP contribution >= 0.6 is 11.8 Å². The molecule has 3 heterocycles. The average molecular weight is 324 g/mol. The molecule has 3 aromatic heterocycles. The van der Waals surface area contributed by atoms with Crippen molar-refractivity contribution in [1.29, 1.82) is 0 Å². The van der Waals surface area contributed by atoms with E-state index in [2.05, 4.69) is 24.9 Å². The summed E-state index contributed by atoms with van der Waals surface area (Å²) in [6, 6.07) is 9.37. The highest BCUT2D eigenvalue weighted by Gasteiger charge is 2.14. The molecule has 23 heavy (non-hydrogen) atoms. The number of nitrogen functional groups attached to an aromatic ring is 1. The summed E-state index contributed by atoms with van der Waals surface area (Å²) in [5, 5.41) is 1.46. The van der Waals surface area contributed by atoms with Crippen molar-refractivity contribution in [2.75, 3.05) is 12.0 Å². The van der Waals surface area contributed by atoms with Gasteiger partial charge in [-0.2, -0.15) is 0 Å². The quantitative estimate of drug-likeness (QED) is 0.385. The summed E-state index contributed by atoms with van der Waals surface area (Å²) in [6.07, 6.45) is 1.86. The number of benzene rings is 1. The second-order valence-electron chi connectivity index (χ2n) is 4.98. The van der Waals surface area contributed by atoms with Crippen LogP contribution in [0.3, 0.4) is 0 Å². The van der Waals surface area contributed by atoms with Crippen LogP contribution in [0.4, 0.5) is 5.82 Å². The smallest absolute Gasteiger partial charge is 0.259 e. The van der Waals surface area contributed by atoms with Crippen molar-refractivity contribution in [3.8, 4) is 11.4 Å². The number of fused-ring (bicyclic) bond motifs is 2. The molecule has 0 spiro atoms. The van der Waals surface area contributed by atoms with Gasteiger partial charge in [0.15, 0.2) is 16.6 Å². The zero-order valence-electron chi connectivity index (χ0n) is 12.1. The van der Waals surface area contributed by atoms with Crippen LogP contribution in [-0.2, 0) is 0 Å². The Hall–Kier alpha value is -2.87. The minimum Gasteiger partial charge on any atom is -0.382 e. The zero-order chi connectivity index (χ0) is 16.0. The Morgan fingerprint density at radius 2 is 1.96 bits per heavy atom. The zero-order valence-corrected chi connectivity index (χ0v) is 12.9. The van der Waals surface area contributed by atoms with Gasteiger partial charge in [0.2, 0.25) is 0 Å². The van der Waals surface area contributed by atoms with Gasteiger partial charge in [-0.15, -0.1) is 0 Å². The number of aromatic amines is 2. The number of nitrogens with zero attached hydrogens (tertiary/aromatic N) is 3. The van der Waals surface area contributed by atoms with Crippen molar-refractivity contribution < 1.29 is 0 Å². The van der Waals surface area contributed by atoms with E-state index in [0.717, 1.165) is 10.9 Å². The number of imidazole rings is 1. The normalized spacial score (nSPS) is 11.3. The SMILES string of the molecule is CSc1nc(N)c2[nH]c(-c3cc4ccccc4[nH]c3=O)nc2n1. The maximum absolute atomic E-state index is 12.3. The summed E-state index contributed by atoms with van der Waals surface area (Å²) in [7, 11) is 0. The molecular formula is C15H12N6OS. The minimum absolute atomic E-state index is 0.223. The topological polar surface area (TPSA) is 113 Å². The summed E-state index contributed by atoms with van der Waals surface area (Å²) in [5.41, 5.74) is 7.91. The lowest BCUT2D eigenvalue weighted by Crippen LogP contribution is -2.09. The lowest BCUT2D eigenvalue weighted by Gasteiger charge is -2.00. The summed E-state index contributed by atoms with van der Waals surface area (Å²) >= 11 is 1.38. The summed E-state index contributed by atoms with van der Waals surface area (Å²) in [6.45, 7) is 0.